The molecule has 1 saturated heterocycles. The lowest BCUT2D eigenvalue weighted by Crippen LogP contribution is -2.49. The van der Waals surface area contributed by atoms with Crippen LogP contribution in [0.4, 0.5) is 13.2 Å². The second kappa shape index (κ2) is 6.11. The Bertz CT molecular complexity index is 450. The Hall–Kier alpha value is -1.11. The van der Waals surface area contributed by atoms with E-state index in [0.717, 1.165) is 6.07 Å². The zero-order valence-corrected chi connectivity index (χ0v) is 11.2. The molecule has 1 aliphatic rings. The van der Waals surface area contributed by atoms with E-state index in [4.69, 9.17) is 9.84 Å². The van der Waals surface area contributed by atoms with Gasteiger partial charge in [0, 0.05) is 19.1 Å². The van der Waals surface area contributed by atoms with Crippen LogP contribution >= 0.6 is 0 Å². The van der Waals surface area contributed by atoms with Crippen LogP contribution < -0.4 is 0 Å². The van der Waals surface area contributed by atoms with Crippen molar-refractivity contribution in [2.75, 3.05) is 19.8 Å². The zero-order valence-electron chi connectivity index (χ0n) is 11.2. The van der Waals surface area contributed by atoms with Crippen molar-refractivity contribution in [3.63, 3.8) is 0 Å². The van der Waals surface area contributed by atoms with E-state index in [9.17, 15) is 13.2 Å². The number of nitrogens with zero attached hydrogens (tertiary/aromatic N) is 1. The van der Waals surface area contributed by atoms with E-state index >= 15 is 0 Å². The lowest BCUT2D eigenvalue weighted by Gasteiger charge is -2.37. The predicted octanol–water partition coefficient (Wildman–Crippen LogP) is 2.29. The first-order valence-electron chi connectivity index (χ1n) is 6.53. The van der Waals surface area contributed by atoms with Gasteiger partial charge in [0.15, 0.2) is 0 Å². The van der Waals surface area contributed by atoms with Gasteiger partial charge in [-0.15, -0.1) is 0 Å². The number of ether oxygens (including phenoxy) is 1. The number of aliphatic hydroxyl groups is 1. The van der Waals surface area contributed by atoms with Crippen LogP contribution in [0.25, 0.3) is 0 Å². The molecule has 0 bridgehead atoms. The number of morpholine rings is 1. The van der Waals surface area contributed by atoms with Gasteiger partial charge in [-0.05, 0) is 18.6 Å². The first kappa shape index (κ1) is 15.3. The van der Waals surface area contributed by atoms with Crippen LogP contribution in [0.1, 0.15) is 18.1 Å². The molecule has 0 amide bonds. The molecule has 1 aliphatic heterocycles. The van der Waals surface area contributed by atoms with Crippen molar-refractivity contribution in [1.29, 1.82) is 0 Å². The van der Waals surface area contributed by atoms with Gasteiger partial charge in [0.25, 0.3) is 0 Å². The van der Waals surface area contributed by atoms with E-state index in [1.165, 1.54) is 12.1 Å². The van der Waals surface area contributed by atoms with E-state index < -0.39 is 11.7 Å². The number of rotatable bonds is 3. The van der Waals surface area contributed by atoms with Crippen LogP contribution in [0.15, 0.2) is 24.3 Å². The van der Waals surface area contributed by atoms with Crippen molar-refractivity contribution < 1.29 is 23.0 Å². The summed E-state index contributed by atoms with van der Waals surface area (Å²) in [7, 11) is 0. The summed E-state index contributed by atoms with van der Waals surface area (Å²) in [4.78, 5) is 1.91. The topological polar surface area (TPSA) is 32.7 Å². The molecule has 0 spiro atoms. The van der Waals surface area contributed by atoms with E-state index in [-0.39, 0.29) is 30.9 Å². The average Bonchev–Trinajstić information content (AvgIpc) is 2.41. The molecule has 2 unspecified atom stereocenters. The maximum Gasteiger partial charge on any atom is 0.416 e. The third kappa shape index (κ3) is 3.50. The Morgan fingerprint density at radius 3 is 2.70 bits per heavy atom. The number of alkyl halides is 3. The van der Waals surface area contributed by atoms with Gasteiger partial charge in [-0.25, -0.2) is 0 Å². The Labute approximate surface area is 116 Å². The summed E-state index contributed by atoms with van der Waals surface area (Å²) in [5.74, 6) is 0. The van der Waals surface area contributed by atoms with Crippen LogP contribution in [-0.4, -0.2) is 41.9 Å². The molecule has 2 rings (SSSR count). The quantitative estimate of drug-likeness (QED) is 0.926. The Morgan fingerprint density at radius 1 is 1.35 bits per heavy atom. The number of hydrogen-bond acceptors (Lipinski definition) is 3. The highest BCUT2D eigenvalue weighted by molar-refractivity contribution is 5.29. The summed E-state index contributed by atoms with van der Waals surface area (Å²) in [6, 6.07) is 5.63. The maximum atomic E-state index is 13.0. The van der Waals surface area contributed by atoms with Crippen molar-refractivity contribution in [2.45, 2.75) is 31.8 Å². The highest BCUT2D eigenvalue weighted by atomic mass is 19.4. The van der Waals surface area contributed by atoms with Gasteiger partial charge in [0.2, 0.25) is 0 Å². The molecule has 1 aromatic rings. The molecule has 6 heteroatoms. The Balaban J connectivity index is 2.17. The molecule has 1 aromatic carbocycles. The van der Waals surface area contributed by atoms with Crippen LogP contribution in [0.3, 0.4) is 0 Å². The molecule has 0 aromatic heterocycles. The lowest BCUT2D eigenvalue weighted by atomic mass is 10.0. The largest absolute Gasteiger partial charge is 0.416 e. The van der Waals surface area contributed by atoms with Crippen molar-refractivity contribution in [1.82, 2.24) is 4.90 Å². The average molecular weight is 289 g/mol. The lowest BCUT2D eigenvalue weighted by molar-refractivity contribution is -0.139. The Morgan fingerprint density at radius 2 is 2.05 bits per heavy atom. The van der Waals surface area contributed by atoms with Crippen molar-refractivity contribution >= 4 is 0 Å². The monoisotopic (exact) mass is 289 g/mol. The molecule has 3 nitrogen and oxygen atoms in total. The third-order valence-corrected chi connectivity index (χ3v) is 3.53. The fourth-order valence-electron chi connectivity index (χ4n) is 2.36. The summed E-state index contributed by atoms with van der Waals surface area (Å²) in [5, 5.41) is 9.11. The molecule has 1 N–H and O–H groups in total. The van der Waals surface area contributed by atoms with Gasteiger partial charge in [0.05, 0.1) is 24.9 Å². The van der Waals surface area contributed by atoms with Crippen LogP contribution in [0.2, 0.25) is 0 Å². The van der Waals surface area contributed by atoms with Gasteiger partial charge < -0.3 is 9.84 Å². The highest BCUT2D eigenvalue weighted by Crippen LogP contribution is 2.32. The molecule has 112 valence electrons. The Kier molecular flexibility index (Phi) is 4.67. The standard InChI is InChI=1S/C14H18F3NO2/c1-10-9-20-12(8-19)7-18(10)6-11-4-2-3-5-13(11)14(15,16)17/h2-5,10,12,19H,6-9H2,1H3. The zero-order chi connectivity index (χ0) is 14.8. The smallest absolute Gasteiger partial charge is 0.394 e. The molecule has 1 fully saturated rings. The number of benzene rings is 1. The molecule has 0 saturated carbocycles. The minimum absolute atomic E-state index is 0.0269. The van der Waals surface area contributed by atoms with E-state index in [1.807, 2.05) is 11.8 Å². The molecule has 1 heterocycles. The number of aliphatic hydroxyl groups excluding tert-OH is 1. The minimum atomic E-state index is -4.34. The van der Waals surface area contributed by atoms with Gasteiger partial charge in [-0.2, -0.15) is 13.2 Å². The van der Waals surface area contributed by atoms with Crippen LogP contribution in [-0.2, 0) is 17.5 Å². The van der Waals surface area contributed by atoms with E-state index in [0.29, 0.717) is 13.2 Å². The van der Waals surface area contributed by atoms with Gasteiger partial charge in [-0.3, -0.25) is 4.90 Å². The van der Waals surface area contributed by atoms with Crippen molar-refractivity contribution in [3.05, 3.63) is 35.4 Å². The number of hydrogen-bond donors (Lipinski definition) is 1. The first-order valence-corrected chi connectivity index (χ1v) is 6.53. The van der Waals surface area contributed by atoms with Gasteiger partial charge in [-0.1, -0.05) is 18.2 Å². The molecule has 0 radical (unpaired) electrons. The SMILES string of the molecule is CC1COC(CO)CN1Cc1ccccc1C(F)(F)F. The molecular weight excluding hydrogens is 271 g/mol. The normalized spacial score (nSPS) is 24.9. The molecule has 20 heavy (non-hydrogen) atoms. The predicted molar refractivity (Wildman–Crippen MR) is 68.1 cm³/mol. The summed E-state index contributed by atoms with van der Waals surface area (Å²) < 4.78 is 44.3. The second-order valence-corrected chi connectivity index (χ2v) is 5.07. The first-order chi connectivity index (χ1) is 9.41. The van der Waals surface area contributed by atoms with Crippen LogP contribution in [0, 0.1) is 0 Å². The summed E-state index contributed by atoms with van der Waals surface area (Å²) in [5.41, 5.74) is -0.343. The maximum absolute atomic E-state index is 13.0. The fraction of sp³-hybridized carbons (Fsp3) is 0.571. The third-order valence-electron chi connectivity index (χ3n) is 3.53. The molecule has 2 atom stereocenters. The highest BCUT2D eigenvalue weighted by Gasteiger charge is 2.34. The van der Waals surface area contributed by atoms with Crippen LogP contribution in [0.5, 0.6) is 0 Å². The van der Waals surface area contributed by atoms with Gasteiger partial charge in [0.1, 0.15) is 0 Å². The van der Waals surface area contributed by atoms with Gasteiger partial charge >= 0.3 is 6.18 Å². The number of halogens is 3. The summed E-state index contributed by atoms with van der Waals surface area (Å²) >= 11 is 0. The second-order valence-electron chi connectivity index (χ2n) is 5.07. The summed E-state index contributed by atoms with van der Waals surface area (Å²) in [6.45, 7) is 2.84. The van der Waals surface area contributed by atoms with E-state index in [1.54, 1.807) is 6.07 Å². The molecular formula is C14H18F3NO2. The van der Waals surface area contributed by atoms with E-state index in [2.05, 4.69) is 0 Å². The van der Waals surface area contributed by atoms with Crippen molar-refractivity contribution in [3.8, 4) is 0 Å². The van der Waals surface area contributed by atoms with Crippen molar-refractivity contribution in [2.24, 2.45) is 0 Å². The minimum Gasteiger partial charge on any atom is -0.394 e. The summed E-state index contributed by atoms with van der Waals surface area (Å²) in [6.07, 6.45) is -4.67. The molecule has 0 aliphatic carbocycles. The fourth-order valence-corrected chi connectivity index (χ4v) is 2.36.